The number of carbonyl (C=O) groups is 2. The first-order chi connectivity index (χ1) is 8.04. The topological polar surface area (TPSA) is 92.4 Å². The van der Waals surface area contributed by atoms with Gasteiger partial charge in [0.05, 0.1) is 0 Å². The van der Waals surface area contributed by atoms with Gasteiger partial charge in [0.25, 0.3) is 5.91 Å². The molecular formula is C11H16N2O4. The lowest BCUT2D eigenvalue weighted by atomic mass is 10.1. The highest BCUT2D eigenvalue weighted by Crippen LogP contribution is 2.08. The molecule has 1 unspecified atom stereocenters. The van der Waals surface area contributed by atoms with Crippen molar-refractivity contribution in [1.82, 2.24) is 10.3 Å². The Morgan fingerprint density at radius 1 is 1.59 bits per heavy atom. The molecule has 1 amide bonds. The summed E-state index contributed by atoms with van der Waals surface area (Å²) >= 11 is 0. The number of carboxylic acids is 1. The molecule has 0 bridgehead atoms. The highest BCUT2D eigenvalue weighted by atomic mass is 16.4. The summed E-state index contributed by atoms with van der Waals surface area (Å²) in [6.45, 7) is 3.62. The number of oxazole rings is 1. The molecule has 0 saturated heterocycles. The predicted molar refractivity (Wildman–Crippen MR) is 59.7 cm³/mol. The third-order valence-electron chi connectivity index (χ3n) is 2.35. The van der Waals surface area contributed by atoms with Crippen LogP contribution in [-0.2, 0) is 11.2 Å². The van der Waals surface area contributed by atoms with Crippen LogP contribution >= 0.6 is 0 Å². The first-order valence-electron chi connectivity index (χ1n) is 5.49. The minimum absolute atomic E-state index is 0.0287. The van der Waals surface area contributed by atoms with Crippen LogP contribution in [0.15, 0.2) is 10.8 Å². The number of hydrogen-bond acceptors (Lipinski definition) is 4. The van der Waals surface area contributed by atoms with Gasteiger partial charge in [0, 0.05) is 18.9 Å². The Balaban J connectivity index is 2.51. The zero-order valence-corrected chi connectivity index (χ0v) is 9.90. The van der Waals surface area contributed by atoms with E-state index in [1.54, 1.807) is 6.92 Å². The zero-order valence-electron chi connectivity index (χ0n) is 9.90. The Morgan fingerprint density at radius 2 is 2.29 bits per heavy atom. The summed E-state index contributed by atoms with van der Waals surface area (Å²) in [7, 11) is 0. The van der Waals surface area contributed by atoms with Gasteiger partial charge in [0.1, 0.15) is 5.76 Å². The molecule has 0 spiro atoms. The maximum absolute atomic E-state index is 11.8. The molecule has 1 aromatic heterocycles. The van der Waals surface area contributed by atoms with Gasteiger partial charge in [-0.15, -0.1) is 0 Å². The number of nitrogens with zero attached hydrogens (tertiary/aromatic N) is 1. The van der Waals surface area contributed by atoms with Gasteiger partial charge >= 0.3 is 5.97 Å². The molecule has 94 valence electrons. The molecule has 6 nitrogen and oxygen atoms in total. The van der Waals surface area contributed by atoms with E-state index in [9.17, 15) is 9.59 Å². The van der Waals surface area contributed by atoms with Crippen LogP contribution in [0.2, 0.25) is 0 Å². The van der Waals surface area contributed by atoms with Gasteiger partial charge in [0.15, 0.2) is 12.1 Å². The van der Waals surface area contributed by atoms with Gasteiger partial charge in [-0.1, -0.05) is 6.92 Å². The van der Waals surface area contributed by atoms with Crippen molar-refractivity contribution in [2.45, 2.75) is 39.2 Å². The predicted octanol–water partition coefficient (Wildman–Crippen LogP) is 1.22. The number of rotatable bonds is 6. The fourth-order valence-corrected chi connectivity index (χ4v) is 1.41. The van der Waals surface area contributed by atoms with Crippen molar-refractivity contribution in [3.8, 4) is 0 Å². The number of aliphatic carboxylic acids is 1. The van der Waals surface area contributed by atoms with Crippen LogP contribution in [0.4, 0.5) is 0 Å². The number of amides is 1. The second-order valence-electron chi connectivity index (χ2n) is 3.78. The van der Waals surface area contributed by atoms with Gasteiger partial charge in [-0.05, 0) is 13.3 Å². The third-order valence-corrected chi connectivity index (χ3v) is 2.35. The minimum atomic E-state index is -0.873. The molecule has 0 radical (unpaired) electrons. The second-order valence-corrected chi connectivity index (χ2v) is 3.78. The molecule has 0 fully saturated rings. The van der Waals surface area contributed by atoms with Crippen LogP contribution in [0.5, 0.6) is 0 Å². The maximum atomic E-state index is 11.8. The smallest absolute Gasteiger partial charge is 0.303 e. The molecule has 0 aliphatic heterocycles. The van der Waals surface area contributed by atoms with E-state index in [1.807, 2.05) is 6.92 Å². The first-order valence-corrected chi connectivity index (χ1v) is 5.49. The van der Waals surface area contributed by atoms with Crippen molar-refractivity contribution < 1.29 is 19.1 Å². The molecule has 0 aromatic carbocycles. The fourth-order valence-electron chi connectivity index (χ4n) is 1.41. The summed E-state index contributed by atoms with van der Waals surface area (Å²) in [6, 6.07) is -0.208. The van der Waals surface area contributed by atoms with Gasteiger partial charge in [-0.2, -0.15) is 0 Å². The van der Waals surface area contributed by atoms with Crippen LogP contribution in [0.1, 0.15) is 42.9 Å². The number of carboxylic acid groups (broad SMARTS) is 1. The molecule has 0 aliphatic carbocycles. The Morgan fingerprint density at radius 3 is 2.88 bits per heavy atom. The average Bonchev–Trinajstić information content (AvgIpc) is 2.74. The lowest BCUT2D eigenvalue weighted by Crippen LogP contribution is -2.33. The zero-order chi connectivity index (χ0) is 12.8. The Hall–Kier alpha value is -1.85. The lowest BCUT2D eigenvalue weighted by Gasteiger charge is -2.11. The Labute approximate surface area is 99.0 Å². The molecule has 17 heavy (non-hydrogen) atoms. The van der Waals surface area contributed by atoms with Crippen LogP contribution in [0.3, 0.4) is 0 Å². The normalized spacial score (nSPS) is 12.1. The van der Waals surface area contributed by atoms with Gasteiger partial charge < -0.3 is 14.8 Å². The molecule has 1 heterocycles. The lowest BCUT2D eigenvalue weighted by molar-refractivity contribution is -0.137. The highest BCUT2D eigenvalue weighted by molar-refractivity contribution is 5.93. The molecule has 1 rings (SSSR count). The number of carbonyl (C=O) groups excluding carboxylic acids is 1. The molecule has 1 aromatic rings. The highest BCUT2D eigenvalue weighted by Gasteiger charge is 2.17. The number of hydrogen-bond donors (Lipinski definition) is 2. The quantitative estimate of drug-likeness (QED) is 0.779. The van der Waals surface area contributed by atoms with Crippen LogP contribution in [-0.4, -0.2) is 28.0 Å². The SMILES string of the molecule is CCc1ocnc1C(=O)NC(C)CCC(=O)O. The number of aromatic nitrogens is 1. The molecule has 6 heteroatoms. The molecule has 1 atom stereocenters. The average molecular weight is 240 g/mol. The molecular weight excluding hydrogens is 224 g/mol. The van der Waals surface area contributed by atoms with E-state index in [0.717, 1.165) is 0 Å². The summed E-state index contributed by atoms with van der Waals surface area (Å²) in [6.07, 6.45) is 2.24. The van der Waals surface area contributed by atoms with E-state index in [0.29, 0.717) is 18.6 Å². The third kappa shape index (κ3) is 3.90. The second kappa shape index (κ2) is 6.03. The van der Waals surface area contributed by atoms with Crippen molar-refractivity contribution in [3.63, 3.8) is 0 Å². The largest absolute Gasteiger partial charge is 0.481 e. The fraction of sp³-hybridized carbons (Fsp3) is 0.545. The van der Waals surface area contributed by atoms with Crippen molar-refractivity contribution in [2.24, 2.45) is 0 Å². The van der Waals surface area contributed by atoms with E-state index >= 15 is 0 Å². The van der Waals surface area contributed by atoms with E-state index in [1.165, 1.54) is 6.39 Å². The monoisotopic (exact) mass is 240 g/mol. The molecule has 2 N–H and O–H groups in total. The van der Waals surface area contributed by atoms with Crippen LogP contribution in [0, 0.1) is 0 Å². The Kier molecular flexibility index (Phi) is 4.68. The van der Waals surface area contributed by atoms with Gasteiger partial charge in [0.2, 0.25) is 0 Å². The van der Waals surface area contributed by atoms with E-state index in [4.69, 9.17) is 9.52 Å². The summed E-state index contributed by atoms with van der Waals surface area (Å²) in [5, 5.41) is 11.2. The van der Waals surface area contributed by atoms with Crippen molar-refractivity contribution in [1.29, 1.82) is 0 Å². The summed E-state index contributed by atoms with van der Waals surface area (Å²) in [5.74, 6) is -0.664. The summed E-state index contributed by atoms with van der Waals surface area (Å²) in [5.41, 5.74) is 0.273. The van der Waals surface area contributed by atoms with E-state index < -0.39 is 5.97 Å². The van der Waals surface area contributed by atoms with Crippen LogP contribution < -0.4 is 5.32 Å². The first kappa shape index (κ1) is 13.2. The van der Waals surface area contributed by atoms with E-state index in [2.05, 4.69) is 10.3 Å². The number of nitrogens with one attached hydrogen (secondary N) is 1. The van der Waals surface area contributed by atoms with Crippen molar-refractivity contribution >= 4 is 11.9 Å². The maximum Gasteiger partial charge on any atom is 0.303 e. The van der Waals surface area contributed by atoms with E-state index in [-0.39, 0.29) is 24.1 Å². The molecule has 0 aliphatic rings. The standard InChI is InChI=1S/C11H16N2O4/c1-3-8-10(12-6-17-8)11(16)13-7(2)4-5-9(14)15/h6-7H,3-5H2,1-2H3,(H,13,16)(H,14,15). The van der Waals surface area contributed by atoms with Gasteiger partial charge in [-0.25, -0.2) is 4.98 Å². The minimum Gasteiger partial charge on any atom is -0.481 e. The van der Waals surface area contributed by atoms with Crippen LogP contribution in [0.25, 0.3) is 0 Å². The Bertz CT molecular complexity index is 400. The summed E-state index contributed by atoms with van der Waals surface area (Å²) < 4.78 is 5.05. The number of aryl methyl sites for hydroxylation is 1. The molecule has 0 saturated carbocycles. The van der Waals surface area contributed by atoms with Crippen molar-refractivity contribution in [3.05, 3.63) is 17.8 Å². The van der Waals surface area contributed by atoms with Gasteiger partial charge in [-0.3, -0.25) is 9.59 Å². The summed E-state index contributed by atoms with van der Waals surface area (Å²) in [4.78, 5) is 26.0. The van der Waals surface area contributed by atoms with Crippen molar-refractivity contribution in [2.75, 3.05) is 0 Å².